The summed E-state index contributed by atoms with van der Waals surface area (Å²) < 4.78 is 5.89. The van der Waals surface area contributed by atoms with Crippen molar-refractivity contribution in [2.24, 2.45) is 5.92 Å². The largest absolute Gasteiger partial charge is 0.448 e. The van der Waals surface area contributed by atoms with Crippen LogP contribution in [0, 0.1) is 17.2 Å². The Balaban J connectivity index is 1.34. The molecule has 0 saturated carbocycles. The van der Waals surface area contributed by atoms with Crippen molar-refractivity contribution in [3.8, 4) is 17.2 Å². The summed E-state index contributed by atoms with van der Waals surface area (Å²) in [5.41, 5.74) is 4.96. The fraction of sp³-hybridized carbons (Fsp3) is 0.417. The van der Waals surface area contributed by atoms with E-state index in [0.717, 1.165) is 32.1 Å². The molecule has 2 unspecified atom stereocenters. The third-order valence-corrected chi connectivity index (χ3v) is 6.70. The van der Waals surface area contributed by atoms with Crippen LogP contribution in [0.15, 0.2) is 48.5 Å². The number of hydrogen-bond acceptors (Lipinski definition) is 3. The molecular formula is C24H24N2O2. The molecule has 5 rings (SSSR count). The van der Waals surface area contributed by atoms with E-state index in [0.29, 0.717) is 6.61 Å². The first-order chi connectivity index (χ1) is 13.8. The number of ether oxygens (including phenoxy) is 1. The Morgan fingerprint density at radius 2 is 1.57 bits per heavy atom. The molecule has 2 aromatic rings. The second kappa shape index (κ2) is 6.98. The second-order valence-corrected chi connectivity index (χ2v) is 8.25. The second-order valence-electron chi connectivity index (χ2n) is 8.25. The number of fused-ring (bicyclic) bond motifs is 5. The summed E-state index contributed by atoms with van der Waals surface area (Å²) in [6, 6.07) is 19.5. The van der Waals surface area contributed by atoms with E-state index < -0.39 is 0 Å². The van der Waals surface area contributed by atoms with E-state index >= 15 is 0 Å². The molecule has 0 aromatic heterocycles. The number of piperidine rings is 2. The molecule has 2 aliphatic heterocycles. The van der Waals surface area contributed by atoms with Crippen LogP contribution in [0.2, 0.25) is 0 Å². The van der Waals surface area contributed by atoms with Crippen molar-refractivity contribution in [3.05, 3.63) is 59.7 Å². The van der Waals surface area contributed by atoms with Crippen molar-refractivity contribution < 1.29 is 9.53 Å². The third-order valence-electron chi connectivity index (χ3n) is 6.70. The van der Waals surface area contributed by atoms with E-state index in [4.69, 9.17) is 4.74 Å². The average Bonchev–Trinajstić information content (AvgIpc) is 3.05. The number of rotatable bonds is 2. The number of carbonyl (C=O) groups excluding carboxylic acids is 1. The maximum atomic E-state index is 13.0. The number of carbonyl (C=O) groups is 1. The zero-order valence-electron chi connectivity index (χ0n) is 15.9. The third kappa shape index (κ3) is 2.77. The predicted octanol–water partition coefficient (Wildman–Crippen LogP) is 5.09. The summed E-state index contributed by atoms with van der Waals surface area (Å²) in [4.78, 5) is 15.0. The number of benzene rings is 2. The Labute approximate surface area is 165 Å². The molecule has 4 nitrogen and oxygen atoms in total. The Morgan fingerprint density at radius 1 is 1.00 bits per heavy atom. The van der Waals surface area contributed by atoms with Gasteiger partial charge in [-0.15, -0.1) is 0 Å². The van der Waals surface area contributed by atoms with E-state index in [1.165, 1.54) is 22.3 Å². The van der Waals surface area contributed by atoms with Gasteiger partial charge < -0.3 is 9.64 Å². The molecule has 3 aliphatic rings. The van der Waals surface area contributed by atoms with E-state index in [9.17, 15) is 10.1 Å². The van der Waals surface area contributed by atoms with Crippen LogP contribution in [-0.4, -0.2) is 29.7 Å². The SMILES string of the molecule is N#CC1CC2CCCC(C1)N2C(=O)OCC1c2ccccc2-c2ccccc21. The topological polar surface area (TPSA) is 53.3 Å². The van der Waals surface area contributed by atoms with Gasteiger partial charge in [-0.3, -0.25) is 0 Å². The average molecular weight is 372 g/mol. The monoisotopic (exact) mass is 372 g/mol. The molecule has 1 aliphatic carbocycles. The molecule has 0 N–H and O–H groups in total. The molecule has 2 heterocycles. The van der Waals surface area contributed by atoms with Gasteiger partial charge in [0.2, 0.25) is 0 Å². The van der Waals surface area contributed by atoms with Crippen molar-refractivity contribution >= 4 is 6.09 Å². The molecule has 2 atom stereocenters. The van der Waals surface area contributed by atoms with Gasteiger partial charge in [0.15, 0.2) is 0 Å². The Bertz CT molecular complexity index is 888. The van der Waals surface area contributed by atoms with Crippen LogP contribution in [0.5, 0.6) is 0 Å². The number of hydrogen-bond donors (Lipinski definition) is 0. The van der Waals surface area contributed by atoms with Crippen molar-refractivity contribution in [1.82, 2.24) is 4.90 Å². The van der Waals surface area contributed by atoms with Gasteiger partial charge in [-0.1, -0.05) is 48.5 Å². The first-order valence-corrected chi connectivity index (χ1v) is 10.3. The molecule has 28 heavy (non-hydrogen) atoms. The van der Waals surface area contributed by atoms with E-state index in [1.807, 2.05) is 4.90 Å². The first kappa shape index (κ1) is 17.3. The van der Waals surface area contributed by atoms with Gasteiger partial charge in [-0.2, -0.15) is 5.26 Å². The number of nitriles is 1. The standard InChI is InChI=1S/C24H24N2O2/c25-14-16-12-17-6-5-7-18(13-16)26(17)24(27)28-15-23-21-10-3-1-8-19(21)20-9-2-4-11-22(20)23/h1-4,8-11,16-18,23H,5-7,12-13,15H2. The van der Waals surface area contributed by atoms with Crippen molar-refractivity contribution in [2.75, 3.05) is 6.61 Å². The Kier molecular flexibility index (Phi) is 4.31. The highest BCUT2D eigenvalue weighted by molar-refractivity contribution is 5.79. The highest BCUT2D eigenvalue weighted by Gasteiger charge is 2.42. The van der Waals surface area contributed by atoms with Gasteiger partial charge in [0.25, 0.3) is 0 Å². The fourth-order valence-electron chi connectivity index (χ4n) is 5.45. The van der Waals surface area contributed by atoms with E-state index in [1.54, 1.807) is 0 Å². The molecule has 2 bridgehead atoms. The molecule has 2 saturated heterocycles. The smallest absolute Gasteiger partial charge is 0.410 e. The maximum absolute atomic E-state index is 13.0. The Morgan fingerprint density at radius 3 is 2.14 bits per heavy atom. The van der Waals surface area contributed by atoms with Gasteiger partial charge in [-0.05, 0) is 54.4 Å². The minimum Gasteiger partial charge on any atom is -0.448 e. The normalized spacial score (nSPS) is 25.5. The van der Waals surface area contributed by atoms with Crippen molar-refractivity contribution in [3.63, 3.8) is 0 Å². The number of nitrogens with zero attached hydrogens (tertiary/aromatic N) is 2. The quantitative estimate of drug-likeness (QED) is 0.738. The first-order valence-electron chi connectivity index (χ1n) is 10.3. The van der Waals surface area contributed by atoms with Crippen LogP contribution in [0.1, 0.15) is 49.1 Å². The van der Waals surface area contributed by atoms with Gasteiger partial charge in [0.05, 0.1) is 12.0 Å². The molecule has 2 aromatic carbocycles. The van der Waals surface area contributed by atoms with Gasteiger partial charge in [0.1, 0.15) is 6.61 Å². The summed E-state index contributed by atoms with van der Waals surface area (Å²) >= 11 is 0. The van der Waals surface area contributed by atoms with Crippen molar-refractivity contribution in [1.29, 1.82) is 5.26 Å². The summed E-state index contributed by atoms with van der Waals surface area (Å²) in [5, 5.41) is 9.32. The van der Waals surface area contributed by atoms with Crippen LogP contribution in [0.25, 0.3) is 11.1 Å². The highest BCUT2D eigenvalue weighted by atomic mass is 16.6. The lowest BCUT2D eigenvalue weighted by Crippen LogP contribution is -2.54. The lowest BCUT2D eigenvalue weighted by atomic mass is 9.79. The van der Waals surface area contributed by atoms with Gasteiger partial charge in [-0.25, -0.2) is 4.79 Å². The van der Waals surface area contributed by atoms with Crippen LogP contribution < -0.4 is 0 Å². The maximum Gasteiger partial charge on any atom is 0.410 e. The van der Waals surface area contributed by atoms with E-state index in [-0.39, 0.29) is 30.0 Å². The fourth-order valence-corrected chi connectivity index (χ4v) is 5.45. The molecular weight excluding hydrogens is 348 g/mol. The van der Waals surface area contributed by atoms with Crippen LogP contribution >= 0.6 is 0 Å². The predicted molar refractivity (Wildman–Crippen MR) is 107 cm³/mol. The Hall–Kier alpha value is -2.80. The summed E-state index contributed by atoms with van der Waals surface area (Å²) in [7, 11) is 0. The highest BCUT2D eigenvalue weighted by Crippen LogP contribution is 2.45. The minimum atomic E-state index is -0.201. The lowest BCUT2D eigenvalue weighted by Gasteiger charge is -2.46. The minimum absolute atomic E-state index is 0.0768. The molecule has 0 radical (unpaired) electrons. The zero-order chi connectivity index (χ0) is 19.1. The zero-order valence-corrected chi connectivity index (χ0v) is 15.9. The van der Waals surface area contributed by atoms with Crippen LogP contribution in [0.3, 0.4) is 0 Å². The van der Waals surface area contributed by atoms with Crippen LogP contribution in [0.4, 0.5) is 4.79 Å². The van der Waals surface area contributed by atoms with Crippen molar-refractivity contribution in [2.45, 2.75) is 50.1 Å². The lowest BCUT2D eigenvalue weighted by molar-refractivity contribution is 0.0128. The number of amides is 1. The van der Waals surface area contributed by atoms with E-state index in [2.05, 4.69) is 54.6 Å². The molecule has 0 spiro atoms. The summed E-state index contributed by atoms with van der Waals surface area (Å²) in [6.07, 6.45) is 4.49. The van der Waals surface area contributed by atoms with Crippen LogP contribution in [-0.2, 0) is 4.74 Å². The molecule has 142 valence electrons. The molecule has 4 heteroatoms. The summed E-state index contributed by atoms with van der Waals surface area (Å²) in [6.45, 7) is 0.366. The summed E-state index contributed by atoms with van der Waals surface area (Å²) in [5.74, 6) is 0.167. The van der Waals surface area contributed by atoms with Gasteiger partial charge in [0, 0.05) is 18.0 Å². The van der Waals surface area contributed by atoms with Gasteiger partial charge >= 0.3 is 6.09 Å². The molecule has 2 fully saturated rings. The molecule has 1 amide bonds.